The van der Waals surface area contributed by atoms with Crippen molar-refractivity contribution in [2.75, 3.05) is 6.61 Å². The van der Waals surface area contributed by atoms with Crippen molar-refractivity contribution in [3.8, 4) is 0 Å². The van der Waals surface area contributed by atoms with E-state index in [9.17, 15) is 9.59 Å². The van der Waals surface area contributed by atoms with E-state index < -0.39 is 5.41 Å². The zero-order valence-electron chi connectivity index (χ0n) is 12.3. The molecule has 0 spiro atoms. The van der Waals surface area contributed by atoms with Crippen LogP contribution in [0.5, 0.6) is 0 Å². The van der Waals surface area contributed by atoms with Crippen LogP contribution in [0, 0.1) is 5.41 Å². The van der Waals surface area contributed by atoms with Crippen molar-refractivity contribution >= 4 is 11.9 Å². The highest BCUT2D eigenvalue weighted by molar-refractivity contribution is 5.90. The smallest absolute Gasteiger partial charge is 0.334 e. The second-order valence-electron chi connectivity index (χ2n) is 5.63. The molecule has 0 fully saturated rings. The van der Waals surface area contributed by atoms with Crippen LogP contribution >= 0.6 is 0 Å². The normalized spacial score (nSPS) is 15.9. The molecule has 0 saturated carbocycles. The van der Waals surface area contributed by atoms with E-state index in [1.165, 1.54) is 0 Å². The van der Waals surface area contributed by atoms with Crippen molar-refractivity contribution in [2.24, 2.45) is 5.41 Å². The molecule has 0 unspecified atom stereocenters. The van der Waals surface area contributed by atoms with E-state index >= 15 is 0 Å². The molecule has 0 saturated heterocycles. The maximum Gasteiger partial charge on any atom is 0.334 e. The first-order valence-corrected chi connectivity index (χ1v) is 6.55. The van der Waals surface area contributed by atoms with E-state index in [-0.39, 0.29) is 11.9 Å². The van der Waals surface area contributed by atoms with Gasteiger partial charge in [-0.1, -0.05) is 0 Å². The van der Waals surface area contributed by atoms with E-state index in [4.69, 9.17) is 9.47 Å². The molecular formula is C15H22O4. The molecule has 106 valence electrons. The summed E-state index contributed by atoms with van der Waals surface area (Å²) in [6.45, 7) is 9.41. The van der Waals surface area contributed by atoms with Gasteiger partial charge in [0.05, 0.1) is 12.0 Å². The minimum absolute atomic E-state index is 0.258. The second-order valence-corrected chi connectivity index (χ2v) is 5.63. The molecule has 0 radical (unpaired) electrons. The number of esters is 2. The summed E-state index contributed by atoms with van der Waals surface area (Å²) in [5, 5.41) is 0. The Bertz CT molecular complexity index is 436. The monoisotopic (exact) mass is 266 g/mol. The summed E-state index contributed by atoms with van der Waals surface area (Å²) in [4.78, 5) is 23.5. The maximum atomic E-state index is 11.8. The first kappa shape index (κ1) is 15.5. The molecule has 4 heteroatoms. The highest BCUT2D eigenvalue weighted by Crippen LogP contribution is 2.27. The lowest BCUT2D eigenvalue weighted by molar-refractivity contribution is -0.148. The van der Waals surface area contributed by atoms with Crippen molar-refractivity contribution < 1.29 is 19.1 Å². The van der Waals surface area contributed by atoms with Gasteiger partial charge >= 0.3 is 11.9 Å². The summed E-state index contributed by atoms with van der Waals surface area (Å²) in [6, 6.07) is 0. The van der Waals surface area contributed by atoms with E-state index in [1.54, 1.807) is 13.0 Å². The third-order valence-electron chi connectivity index (χ3n) is 2.83. The fraction of sp³-hybridized carbons (Fsp3) is 0.600. The SMILES string of the molecule is CCOC(=O)C1=C(C)C=C(OC(=O)C(C)(C)C)CC1. The van der Waals surface area contributed by atoms with Gasteiger partial charge in [0.1, 0.15) is 5.76 Å². The number of carbonyl (C=O) groups is 2. The van der Waals surface area contributed by atoms with E-state index in [1.807, 2.05) is 27.7 Å². The molecule has 0 aromatic heterocycles. The number of allylic oxidation sites excluding steroid dienone is 3. The Labute approximate surface area is 114 Å². The molecule has 19 heavy (non-hydrogen) atoms. The Hall–Kier alpha value is -1.58. The summed E-state index contributed by atoms with van der Waals surface area (Å²) in [5.41, 5.74) is 0.943. The second kappa shape index (κ2) is 6.04. The molecule has 1 aliphatic carbocycles. The van der Waals surface area contributed by atoms with Crippen molar-refractivity contribution in [1.82, 2.24) is 0 Å². The Morgan fingerprint density at radius 1 is 1.26 bits per heavy atom. The van der Waals surface area contributed by atoms with Gasteiger partial charge in [-0.25, -0.2) is 4.79 Å². The summed E-state index contributed by atoms with van der Waals surface area (Å²) < 4.78 is 10.3. The van der Waals surface area contributed by atoms with Gasteiger partial charge in [-0.05, 0) is 52.7 Å². The fourth-order valence-corrected chi connectivity index (χ4v) is 1.68. The van der Waals surface area contributed by atoms with Gasteiger partial charge < -0.3 is 9.47 Å². The van der Waals surface area contributed by atoms with E-state index in [0.29, 0.717) is 30.8 Å². The van der Waals surface area contributed by atoms with Gasteiger partial charge in [-0.2, -0.15) is 0 Å². The number of carbonyl (C=O) groups excluding carboxylic acids is 2. The highest BCUT2D eigenvalue weighted by Gasteiger charge is 2.26. The lowest BCUT2D eigenvalue weighted by Crippen LogP contribution is -2.23. The average Bonchev–Trinajstić information content (AvgIpc) is 2.27. The number of hydrogen-bond acceptors (Lipinski definition) is 4. The zero-order valence-corrected chi connectivity index (χ0v) is 12.3. The molecule has 1 aliphatic rings. The van der Waals surface area contributed by atoms with Crippen molar-refractivity contribution in [3.05, 3.63) is 23.0 Å². The van der Waals surface area contributed by atoms with Gasteiger partial charge in [0.25, 0.3) is 0 Å². The van der Waals surface area contributed by atoms with Crippen LogP contribution in [0.15, 0.2) is 23.0 Å². The Kier molecular flexibility index (Phi) is 4.92. The van der Waals surface area contributed by atoms with Crippen LogP contribution in [-0.2, 0) is 19.1 Å². The first-order valence-electron chi connectivity index (χ1n) is 6.55. The van der Waals surface area contributed by atoms with Crippen molar-refractivity contribution in [3.63, 3.8) is 0 Å². The molecule has 0 N–H and O–H groups in total. The van der Waals surface area contributed by atoms with E-state index in [2.05, 4.69) is 0 Å². The topological polar surface area (TPSA) is 52.6 Å². The Morgan fingerprint density at radius 3 is 2.37 bits per heavy atom. The van der Waals surface area contributed by atoms with Gasteiger partial charge in [0.15, 0.2) is 0 Å². The third kappa shape index (κ3) is 4.23. The van der Waals surface area contributed by atoms with Gasteiger partial charge in [0, 0.05) is 12.0 Å². The minimum Gasteiger partial charge on any atom is -0.463 e. The number of ether oxygens (including phenoxy) is 2. The van der Waals surface area contributed by atoms with Crippen LogP contribution in [0.4, 0.5) is 0 Å². The molecule has 0 bridgehead atoms. The molecule has 1 rings (SSSR count). The highest BCUT2D eigenvalue weighted by atomic mass is 16.5. The Morgan fingerprint density at radius 2 is 1.89 bits per heavy atom. The fourth-order valence-electron chi connectivity index (χ4n) is 1.68. The maximum absolute atomic E-state index is 11.8. The van der Waals surface area contributed by atoms with Gasteiger partial charge in [-0.15, -0.1) is 0 Å². The lowest BCUT2D eigenvalue weighted by Gasteiger charge is -2.21. The number of hydrogen-bond donors (Lipinski definition) is 0. The predicted molar refractivity (Wildman–Crippen MR) is 72.2 cm³/mol. The quantitative estimate of drug-likeness (QED) is 0.736. The van der Waals surface area contributed by atoms with Crippen LogP contribution in [0.25, 0.3) is 0 Å². The lowest BCUT2D eigenvalue weighted by atomic mass is 9.96. The first-order chi connectivity index (χ1) is 8.75. The third-order valence-corrected chi connectivity index (χ3v) is 2.83. The summed E-state index contributed by atoms with van der Waals surface area (Å²) in [6.07, 6.45) is 2.85. The van der Waals surface area contributed by atoms with Crippen LogP contribution in [0.1, 0.15) is 47.5 Å². The van der Waals surface area contributed by atoms with Crippen LogP contribution in [0.3, 0.4) is 0 Å². The molecule has 4 nitrogen and oxygen atoms in total. The average molecular weight is 266 g/mol. The molecule has 0 aromatic carbocycles. The molecule has 0 aromatic rings. The van der Waals surface area contributed by atoms with Crippen LogP contribution in [0.2, 0.25) is 0 Å². The van der Waals surface area contributed by atoms with Crippen molar-refractivity contribution in [2.45, 2.75) is 47.5 Å². The summed E-state index contributed by atoms with van der Waals surface area (Å²) in [5.74, 6) is 0.0778. The van der Waals surface area contributed by atoms with Crippen molar-refractivity contribution in [1.29, 1.82) is 0 Å². The Balaban J connectivity index is 2.79. The molecule has 0 amide bonds. The molecule has 0 heterocycles. The molecule has 0 atom stereocenters. The predicted octanol–water partition coefficient (Wildman–Crippen LogP) is 3.13. The van der Waals surface area contributed by atoms with Crippen LogP contribution in [-0.4, -0.2) is 18.5 Å². The van der Waals surface area contributed by atoms with Crippen LogP contribution < -0.4 is 0 Å². The summed E-state index contributed by atoms with van der Waals surface area (Å²) in [7, 11) is 0. The standard InChI is InChI=1S/C15H22O4/c1-6-18-13(16)12-8-7-11(9-10(12)2)19-14(17)15(3,4)5/h9H,6-8H2,1-5H3. The van der Waals surface area contributed by atoms with Gasteiger partial charge in [-0.3, -0.25) is 4.79 Å². The largest absolute Gasteiger partial charge is 0.463 e. The molecule has 0 aliphatic heterocycles. The zero-order chi connectivity index (χ0) is 14.6. The number of rotatable bonds is 3. The summed E-state index contributed by atoms with van der Waals surface area (Å²) >= 11 is 0. The van der Waals surface area contributed by atoms with E-state index in [0.717, 1.165) is 5.57 Å². The minimum atomic E-state index is -0.528. The molecular weight excluding hydrogens is 244 g/mol. The van der Waals surface area contributed by atoms with Gasteiger partial charge in [0.2, 0.25) is 0 Å².